The minimum absolute atomic E-state index is 0.00675. The van der Waals surface area contributed by atoms with Crippen LogP contribution in [0.15, 0.2) is 18.2 Å². The number of benzene rings is 1. The minimum atomic E-state index is -0.0702. The van der Waals surface area contributed by atoms with E-state index in [9.17, 15) is 4.79 Å². The fraction of sp³-hybridized carbons (Fsp3) is 0.462. The molecule has 17 heavy (non-hydrogen) atoms. The first-order valence-corrected chi connectivity index (χ1v) is 7.38. The fourth-order valence-electron chi connectivity index (χ4n) is 1.89. The zero-order valence-electron chi connectivity index (χ0n) is 10.2. The van der Waals surface area contributed by atoms with Crippen LogP contribution in [-0.4, -0.2) is 17.2 Å². The van der Waals surface area contributed by atoms with E-state index in [1.807, 2.05) is 6.07 Å². The summed E-state index contributed by atoms with van der Waals surface area (Å²) in [7, 11) is 0. The number of halogens is 2. The van der Waals surface area contributed by atoms with Crippen LogP contribution in [-0.2, 0) is 17.6 Å². The highest BCUT2D eigenvalue weighted by Crippen LogP contribution is 2.27. The van der Waals surface area contributed by atoms with E-state index in [-0.39, 0.29) is 11.8 Å². The Morgan fingerprint density at radius 2 is 1.82 bits per heavy atom. The van der Waals surface area contributed by atoms with E-state index in [4.69, 9.17) is 11.6 Å². The molecule has 0 heterocycles. The largest absolute Gasteiger partial charge is 0.300 e. The van der Waals surface area contributed by atoms with Crippen LogP contribution in [0.2, 0.25) is 0 Å². The van der Waals surface area contributed by atoms with Crippen molar-refractivity contribution in [1.29, 1.82) is 0 Å². The molecule has 0 N–H and O–H groups in total. The van der Waals surface area contributed by atoms with E-state index in [2.05, 4.69) is 41.9 Å². The highest BCUT2D eigenvalue weighted by molar-refractivity contribution is 9.09. The van der Waals surface area contributed by atoms with Crippen LogP contribution in [0.1, 0.15) is 25.0 Å². The molecule has 4 heteroatoms. The third-order valence-electron chi connectivity index (χ3n) is 2.77. The van der Waals surface area contributed by atoms with Gasteiger partial charge in [0.05, 0.1) is 11.1 Å². The molecule has 0 aliphatic rings. The van der Waals surface area contributed by atoms with Crippen LogP contribution in [0.5, 0.6) is 0 Å². The maximum absolute atomic E-state index is 11.8. The van der Waals surface area contributed by atoms with E-state index in [1.165, 1.54) is 11.1 Å². The van der Waals surface area contributed by atoms with Gasteiger partial charge in [0.2, 0.25) is 5.91 Å². The Kier molecular flexibility index (Phi) is 6.00. The van der Waals surface area contributed by atoms with Crippen molar-refractivity contribution in [2.75, 3.05) is 16.2 Å². The van der Waals surface area contributed by atoms with Crippen molar-refractivity contribution in [2.24, 2.45) is 0 Å². The Labute approximate surface area is 116 Å². The van der Waals surface area contributed by atoms with Gasteiger partial charge in [-0.2, -0.15) is 0 Å². The first-order valence-electron chi connectivity index (χ1n) is 5.72. The molecule has 0 aromatic heterocycles. The summed E-state index contributed by atoms with van der Waals surface area (Å²) >= 11 is 9.02. The molecule has 1 aromatic carbocycles. The average Bonchev–Trinajstić information content (AvgIpc) is 2.39. The van der Waals surface area contributed by atoms with Gasteiger partial charge in [0.25, 0.3) is 0 Å². The molecule has 1 rings (SSSR count). The van der Waals surface area contributed by atoms with Crippen molar-refractivity contribution in [2.45, 2.75) is 26.7 Å². The number of aryl methyl sites for hydroxylation is 2. The van der Waals surface area contributed by atoms with Crippen molar-refractivity contribution in [3.05, 3.63) is 29.3 Å². The zero-order valence-corrected chi connectivity index (χ0v) is 12.5. The summed E-state index contributed by atoms with van der Waals surface area (Å²) in [5, 5.41) is 0. The lowest BCUT2D eigenvalue weighted by molar-refractivity contribution is -0.116. The maximum Gasteiger partial charge on any atom is 0.242 e. The number of nitrogens with zero attached hydrogens (tertiary/aromatic N) is 1. The lowest BCUT2D eigenvalue weighted by Gasteiger charge is -2.24. The predicted octanol–water partition coefficient (Wildman–Crippen LogP) is 3.74. The van der Waals surface area contributed by atoms with E-state index in [0.717, 1.165) is 18.5 Å². The third-order valence-corrected chi connectivity index (χ3v) is 3.50. The van der Waals surface area contributed by atoms with Crippen molar-refractivity contribution in [1.82, 2.24) is 0 Å². The molecule has 0 saturated carbocycles. The first-order chi connectivity index (χ1) is 8.19. The smallest absolute Gasteiger partial charge is 0.242 e. The van der Waals surface area contributed by atoms with Crippen LogP contribution >= 0.6 is 27.5 Å². The molecule has 2 nitrogen and oxygen atoms in total. The molecule has 0 fully saturated rings. The van der Waals surface area contributed by atoms with Gasteiger partial charge in [0, 0.05) is 0 Å². The van der Waals surface area contributed by atoms with Gasteiger partial charge in [0.15, 0.2) is 0 Å². The fourth-order valence-corrected chi connectivity index (χ4v) is 2.56. The van der Waals surface area contributed by atoms with Crippen molar-refractivity contribution >= 4 is 39.1 Å². The third kappa shape index (κ3) is 3.23. The van der Waals surface area contributed by atoms with Crippen LogP contribution in [0.4, 0.5) is 5.69 Å². The summed E-state index contributed by atoms with van der Waals surface area (Å²) in [5.74, 6) is -0.0635. The van der Waals surface area contributed by atoms with Crippen LogP contribution in [0.25, 0.3) is 0 Å². The number of rotatable bonds is 5. The summed E-state index contributed by atoms with van der Waals surface area (Å²) in [6.45, 7) is 4.19. The van der Waals surface area contributed by atoms with Crippen molar-refractivity contribution in [3.63, 3.8) is 0 Å². The van der Waals surface area contributed by atoms with Gasteiger partial charge in [-0.25, -0.2) is 0 Å². The van der Waals surface area contributed by atoms with Gasteiger partial charge in [-0.3, -0.25) is 4.79 Å². The molecule has 0 aliphatic heterocycles. The second-order valence-electron chi connectivity index (χ2n) is 3.71. The van der Waals surface area contributed by atoms with E-state index in [0.29, 0.717) is 5.45 Å². The second kappa shape index (κ2) is 7.02. The highest BCUT2D eigenvalue weighted by atomic mass is 79.9. The number of alkyl halides is 2. The van der Waals surface area contributed by atoms with E-state index >= 15 is 0 Å². The highest BCUT2D eigenvalue weighted by Gasteiger charge is 2.18. The second-order valence-corrected chi connectivity index (χ2v) is 4.48. The van der Waals surface area contributed by atoms with Gasteiger partial charge < -0.3 is 4.90 Å². The molecule has 0 spiro atoms. The molecule has 0 unspecified atom stereocenters. The molecule has 0 bridgehead atoms. The Morgan fingerprint density at radius 3 is 2.18 bits per heavy atom. The topological polar surface area (TPSA) is 20.3 Å². The Bertz CT molecular complexity index is 373. The summed E-state index contributed by atoms with van der Waals surface area (Å²) in [6.07, 6.45) is 1.81. The number of carbonyl (C=O) groups excluding carboxylic acids is 1. The van der Waals surface area contributed by atoms with Gasteiger partial charge >= 0.3 is 0 Å². The average molecular weight is 319 g/mol. The van der Waals surface area contributed by atoms with Gasteiger partial charge in [-0.05, 0) is 24.0 Å². The normalized spacial score (nSPS) is 10.4. The molecule has 0 aliphatic carbocycles. The minimum Gasteiger partial charge on any atom is -0.300 e. The Morgan fingerprint density at radius 1 is 1.29 bits per heavy atom. The molecule has 1 amide bonds. The molecular formula is C13H17BrClNO. The standard InChI is InChI=1S/C13H17BrClNO/c1-3-10-6-5-7-11(4-2)13(10)16(9-14)12(17)8-15/h5-7H,3-4,8-9H2,1-2H3. The Balaban J connectivity index is 3.29. The summed E-state index contributed by atoms with van der Waals surface area (Å²) in [4.78, 5) is 13.6. The molecule has 0 radical (unpaired) electrons. The number of hydrogen-bond donors (Lipinski definition) is 0. The predicted molar refractivity (Wildman–Crippen MR) is 77.2 cm³/mol. The lowest BCUT2D eigenvalue weighted by Crippen LogP contribution is -2.32. The van der Waals surface area contributed by atoms with Crippen LogP contribution in [0, 0.1) is 0 Å². The monoisotopic (exact) mass is 317 g/mol. The molecule has 0 atom stereocenters. The lowest BCUT2D eigenvalue weighted by atomic mass is 10.0. The van der Waals surface area contributed by atoms with Crippen LogP contribution < -0.4 is 4.90 Å². The molecule has 94 valence electrons. The zero-order chi connectivity index (χ0) is 12.8. The maximum atomic E-state index is 11.8. The van der Waals surface area contributed by atoms with Crippen LogP contribution in [0.3, 0.4) is 0 Å². The number of hydrogen-bond acceptors (Lipinski definition) is 1. The summed E-state index contributed by atoms with van der Waals surface area (Å²) < 4.78 is 0. The number of anilines is 1. The quantitative estimate of drug-likeness (QED) is 0.598. The molecule has 1 aromatic rings. The number of amides is 1. The Hall–Kier alpha value is -0.540. The first kappa shape index (κ1) is 14.5. The van der Waals surface area contributed by atoms with Crippen molar-refractivity contribution < 1.29 is 4.79 Å². The number of para-hydroxylation sites is 1. The molecular weight excluding hydrogens is 302 g/mol. The van der Waals surface area contributed by atoms with Gasteiger partial charge in [-0.1, -0.05) is 48.0 Å². The van der Waals surface area contributed by atoms with Gasteiger partial charge in [0.1, 0.15) is 5.88 Å². The SMILES string of the molecule is CCc1cccc(CC)c1N(CBr)C(=O)CCl. The van der Waals surface area contributed by atoms with Crippen molar-refractivity contribution in [3.8, 4) is 0 Å². The summed E-state index contributed by atoms with van der Waals surface area (Å²) in [6, 6.07) is 6.16. The number of carbonyl (C=O) groups is 1. The molecule has 0 saturated heterocycles. The van der Waals surface area contributed by atoms with E-state index < -0.39 is 0 Å². The summed E-state index contributed by atoms with van der Waals surface area (Å²) in [5.41, 5.74) is 3.85. The van der Waals surface area contributed by atoms with Gasteiger partial charge in [-0.15, -0.1) is 11.6 Å². The van der Waals surface area contributed by atoms with E-state index in [1.54, 1.807) is 4.90 Å².